The van der Waals surface area contributed by atoms with Gasteiger partial charge in [0.2, 0.25) is 0 Å². The second-order valence-electron chi connectivity index (χ2n) is 12.1. The average Bonchev–Trinajstić information content (AvgIpc) is 3.03. The van der Waals surface area contributed by atoms with Crippen molar-refractivity contribution < 1.29 is 29.3 Å². The van der Waals surface area contributed by atoms with Crippen LogP contribution in [0.5, 0.6) is 0 Å². The highest BCUT2D eigenvalue weighted by Gasteiger charge is 2.95. The van der Waals surface area contributed by atoms with Crippen LogP contribution in [0.4, 0.5) is 0 Å². The van der Waals surface area contributed by atoms with E-state index in [0.29, 0.717) is 24.8 Å². The molecule has 0 radical (unpaired) electrons. The Morgan fingerprint density at radius 3 is 2.52 bits per heavy atom. The number of esters is 2. The van der Waals surface area contributed by atoms with Gasteiger partial charge in [-0.3, -0.25) is 14.5 Å². The molecule has 2 spiro atoms. The van der Waals surface area contributed by atoms with Crippen LogP contribution >= 0.6 is 0 Å². The third kappa shape index (κ3) is 1.65. The molecule has 9 rings (SSSR count). The van der Waals surface area contributed by atoms with Crippen molar-refractivity contribution in [2.45, 2.75) is 82.5 Å². The molecule has 3 heterocycles. The number of fused-ring (bicyclic) bond motifs is 1. The number of hydrogen-bond acceptors (Lipinski definition) is 7. The third-order valence-corrected chi connectivity index (χ3v) is 10.9. The molecule has 31 heavy (non-hydrogen) atoms. The fourth-order valence-electron chi connectivity index (χ4n) is 11.3. The monoisotopic (exact) mass is 429 g/mol. The molecule has 9 bridgehead atoms. The van der Waals surface area contributed by atoms with Gasteiger partial charge >= 0.3 is 11.9 Å². The predicted molar refractivity (Wildman–Crippen MR) is 107 cm³/mol. The SMILES string of the molecule is C=C1C[C@@]23C[C@H]4[C@@H]5[C@@]6(C)C[C@H](OC(C)=O)C[C@@]57[C@@H]2[C@H](O)[C@@H]1[C@@H](OC(C)=O)[C@]3(O)[C@H]7N4C6. The van der Waals surface area contributed by atoms with Crippen LogP contribution in [-0.2, 0) is 19.1 Å². The van der Waals surface area contributed by atoms with E-state index in [1.54, 1.807) is 0 Å². The van der Waals surface area contributed by atoms with Crippen molar-refractivity contribution in [1.82, 2.24) is 4.90 Å². The molecule has 0 aromatic rings. The zero-order chi connectivity index (χ0) is 21.9. The number of rotatable bonds is 2. The molecule has 0 aromatic carbocycles. The molecule has 1 unspecified atom stereocenters. The summed E-state index contributed by atoms with van der Waals surface area (Å²) in [6.07, 6.45) is 1.30. The molecule has 7 heteroatoms. The number of aliphatic hydroxyl groups excluding tert-OH is 1. The van der Waals surface area contributed by atoms with Gasteiger partial charge in [0.15, 0.2) is 0 Å². The van der Waals surface area contributed by atoms with Gasteiger partial charge in [0.25, 0.3) is 0 Å². The minimum absolute atomic E-state index is 0.0120. The number of piperidine rings is 2. The predicted octanol–water partition coefficient (Wildman–Crippen LogP) is 1.02. The molecule has 6 aliphatic carbocycles. The lowest BCUT2D eigenvalue weighted by Gasteiger charge is -2.68. The Kier molecular flexibility index (Phi) is 3.10. The van der Waals surface area contributed by atoms with Gasteiger partial charge in [-0.15, -0.1) is 0 Å². The van der Waals surface area contributed by atoms with Gasteiger partial charge in [-0.05, 0) is 37.0 Å². The van der Waals surface area contributed by atoms with Gasteiger partial charge in [0.1, 0.15) is 17.8 Å². The van der Waals surface area contributed by atoms with E-state index in [9.17, 15) is 19.8 Å². The quantitative estimate of drug-likeness (QED) is 0.500. The van der Waals surface area contributed by atoms with Crippen LogP contribution in [0.25, 0.3) is 0 Å². The van der Waals surface area contributed by atoms with E-state index in [0.717, 1.165) is 25.0 Å². The summed E-state index contributed by atoms with van der Waals surface area (Å²) in [7, 11) is 0. The average molecular weight is 430 g/mol. The summed E-state index contributed by atoms with van der Waals surface area (Å²) in [5.41, 5.74) is -1.20. The Hall–Kier alpha value is -1.44. The number of hydrogen-bond donors (Lipinski definition) is 2. The summed E-state index contributed by atoms with van der Waals surface area (Å²) in [6.45, 7) is 10.3. The topological polar surface area (TPSA) is 96.3 Å². The van der Waals surface area contributed by atoms with E-state index in [-0.39, 0.29) is 34.9 Å². The molecular formula is C24H31NO6. The van der Waals surface area contributed by atoms with Crippen molar-refractivity contribution in [3.63, 3.8) is 0 Å². The second-order valence-corrected chi connectivity index (χ2v) is 12.1. The highest BCUT2D eigenvalue weighted by molar-refractivity contribution is 5.67. The highest BCUT2D eigenvalue weighted by Crippen LogP contribution is 2.88. The molecule has 3 aliphatic heterocycles. The first-order valence-corrected chi connectivity index (χ1v) is 11.7. The Morgan fingerprint density at radius 2 is 1.84 bits per heavy atom. The standard InChI is InChI=1S/C24H31NO6/c1-10-5-22-8-14-17-21(4)6-13(30-11(2)26)7-23(17)18(22)16(28)15(10)19(31-12(3)27)24(22,29)20(23)25(14)9-21/h13-20,28-29H,1,5-9H2,2-4H3/t13-,14-,15+,16+,17+,18+,19+,20-,21-,22+,23-,24-/m0/s1. The number of ether oxygens (including phenoxy) is 2. The van der Waals surface area contributed by atoms with Gasteiger partial charge in [0.05, 0.1) is 6.10 Å². The maximum atomic E-state index is 12.6. The van der Waals surface area contributed by atoms with Gasteiger partial charge < -0.3 is 19.7 Å². The largest absolute Gasteiger partial charge is 0.463 e. The first-order valence-electron chi connectivity index (χ1n) is 11.7. The summed E-state index contributed by atoms with van der Waals surface area (Å²) in [4.78, 5) is 26.5. The minimum atomic E-state index is -1.21. The van der Waals surface area contributed by atoms with Crippen molar-refractivity contribution in [1.29, 1.82) is 0 Å². The van der Waals surface area contributed by atoms with E-state index in [2.05, 4.69) is 18.4 Å². The normalized spacial score (nSPS) is 63.5. The van der Waals surface area contributed by atoms with E-state index in [1.807, 2.05) is 0 Å². The zero-order valence-electron chi connectivity index (χ0n) is 18.3. The lowest BCUT2D eigenvalue weighted by molar-refractivity contribution is -0.284. The van der Waals surface area contributed by atoms with Gasteiger partial charge in [-0.2, -0.15) is 0 Å². The summed E-state index contributed by atoms with van der Waals surface area (Å²) >= 11 is 0. The Bertz CT molecular complexity index is 966. The van der Waals surface area contributed by atoms with E-state index in [1.165, 1.54) is 13.8 Å². The van der Waals surface area contributed by atoms with Crippen molar-refractivity contribution >= 4 is 11.9 Å². The van der Waals surface area contributed by atoms with Crippen molar-refractivity contribution in [2.24, 2.45) is 34.0 Å². The Balaban J connectivity index is 1.47. The Morgan fingerprint density at radius 1 is 1.13 bits per heavy atom. The van der Waals surface area contributed by atoms with E-state index >= 15 is 0 Å². The highest BCUT2D eigenvalue weighted by atomic mass is 16.6. The summed E-state index contributed by atoms with van der Waals surface area (Å²) in [5.74, 6) is -0.896. The van der Waals surface area contributed by atoms with Gasteiger partial charge in [0, 0.05) is 55.1 Å². The molecule has 9 aliphatic rings. The zero-order valence-corrected chi connectivity index (χ0v) is 18.3. The lowest BCUT2D eigenvalue weighted by atomic mass is 9.39. The number of carbonyl (C=O) groups excluding carboxylic acids is 2. The maximum Gasteiger partial charge on any atom is 0.303 e. The number of nitrogens with zero attached hydrogens (tertiary/aromatic N) is 1. The first-order chi connectivity index (χ1) is 14.5. The smallest absolute Gasteiger partial charge is 0.303 e. The molecule has 0 aromatic heterocycles. The lowest BCUT2D eigenvalue weighted by Crippen LogP contribution is -2.77. The summed E-state index contributed by atoms with van der Waals surface area (Å²) < 4.78 is 11.6. The van der Waals surface area contributed by atoms with E-state index in [4.69, 9.17) is 9.47 Å². The van der Waals surface area contributed by atoms with Crippen LogP contribution in [0.1, 0.15) is 46.5 Å². The Labute approximate surface area is 181 Å². The summed E-state index contributed by atoms with van der Waals surface area (Å²) in [5, 5.41) is 24.4. The third-order valence-electron chi connectivity index (χ3n) is 10.9. The second kappa shape index (κ2) is 5.05. The van der Waals surface area contributed by atoms with Crippen LogP contribution in [0, 0.1) is 34.0 Å². The van der Waals surface area contributed by atoms with Crippen LogP contribution in [0.15, 0.2) is 12.2 Å². The molecule has 13 atom stereocenters. The van der Waals surface area contributed by atoms with Crippen molar-refractivity contribution in [2.75, 3.05) is 6.54 Å². The van der Waals surface area contributed by atoms with Crippen LogP contribution in [0.3, 0.4) is 0 Å². The molecule has 7 nitrogen and oxygen atoms in total. The summed E-state index contributed by atoms with van der Waals surface area (Å²) in [6, 6.07) is 0.176. The maximum absolute atomic E-state index is 12.6. The molecule has 3 saturated heterocycles. The van der Waals surface area contributed by atoms with Crippen LogP contribution < -0.4 is 0 Å². The number of aliphatic hydroxyl groups is 2. The first kappa shape index (κ1) is 19.1. The van der Waals surface area contributed by atoms with Crippen molar-refractivity contribution in [3.05, 3.63) is 12.2 Å². The fourth-order valence-corrected chi connectivity index (χ4v) is 11.3. The van der Waals surface area contributed by atoms with Gasteiger partial charge in [-0.25, -0.2) is 0 Å². The molecular weight excluding hydrogens is 398 g/mol. The number of carbonyl (C=O) groups is 2. The fraction of sp³-hybridized carbons (Fsp3) is 0.833. The van der Waals surface area contributed by atoms with Crippen molar-refractivity contribution in [3.8, 4) is 0 Å². The molecule has 9 fully saturated rings. The van der Waals surface area contributed by atoms with Crippen LogP contribution in [-0.4, -0.2) is 69.6 Å². The minimum Gasteiger partial charge on any atom is -0.463 e. The molecule has 168 valence electrons. The molecule has 6 saturated carbocycles. The van der Waals surface area contributed by atoms with Gasteiger partial charge in [-0.1, -0.05) is 19.1 Å². The van der Waals surface area contributed by atoms with Crippen LogP contribution in [0.2, 0.25) is 0 Å². The van der Waals surface area contributed by atoms with E-state index < -0.39 is 35.1 Å². The molecule has 0 amide bonds. The molecule has 2 N–H and O–H groups in total.